The molecule has 0 bridgehead atoms. The number of ketones is 1. The number of aromatic amines is 1. The van der Waals surface area contributed by atoms with Gasteiger partial charge in [0.25, 0.3) is 6.43 Å². The summed E-state index contributed by atoms with van der Waals surface area (Å²) >= 11 is 0. The van der Waals surface area contributed by atoms with Crippen LogP contribution >= 0.6 is 0 Å². The number of carbonyl (C=O) groups is 1. The number of alkyl halides is 2. The van der Waals surface area contributed by atoms with E-state index in [4.69, 9.17) is 5.73 Å². The van der Waals surface area contributed by atoms with Crippen molar-refractivity contribution in [2.45, 2.75) is 6.43 Å². The van der Waals surface area contributed by atoms with Gasteiger partial charge in [0, 0.05) is 17.3 Å². The first-order valence-electron chi connectivity index (χ1n) is 6.89. The van der Waals surface area contributed by atoms with Crippen LogP contribution in [0.4, 0.5) is 14.5 Å². The number of hydrogen-bond acceptors (Lipinski definition) is 3. The maximum atomic E-state index is 13.3. The second kappa shape index (κ2) is 6.00. The number of anilines is 1. The second-order valence-corrected chi connectivity index (χ2v) is 4.96. The van der Waals surface area contributed by atoms with Crippen LogP contribution in [-0.2, 0) is 0 Å². The zero-order valence-electron chi connectivity index (χ0n) is 12.0. The molecule has 0 fully saturated rings. The smallest absolute Gasteiger partial charge is 0.264 e. The van der Waals surface area contributed by atoms with Crippen LogP contribution in [0.1, 0.15) is 28.0 Å². The van der Waals surface area contributed by atoms with Crippen LogP contribution in [0.25, 0.3) is 11.1 Å². The number of nitrogens with one attached hydrogen (secondary N) is 1. The average molecular weight is 313 g/mol. The molecule has 3 N–H and O–H groups in total. The first-order valence-corrected chi connectivity index (χ1v) is 6.89. The lowest BCUT2D eigenvalue weighted by molar-refractivity contribution is 0.102. The lowest BCUT2D eigenvalue weighted by Crippen LogP contribution is -2.11. The molecule has 0 saturated heterocycles. The van der Waals surface area contributed by atoms with Gasteiger partial charge in [-0.15, -0.1) is 0 Å². The molecule has 0 radical (unpaired) electrons. The molecule has 0 aliphatic heterocycles. The normalized spacial score (nSPS) is 10.9. The van der Waals surface area contributed by atoms with Crippen LogP contribution in [-0.4, -0.2) is 16.0 Å². The summed E-state index contributed by atoms with van der Waals surface area (Å²) in [6.07, 6.45) is -1.42. The summed E-state index contributed by atoms with van der Waals surface area (Å²) in [5.74, 6) is -0.604. The minimum atomic E-state index is -2.80. The van der Waals surface area contributed by atoms with Crippen molar-refractivity contribution >= 4 is 11.5 Å². The molecular formula is C17H13F2N3O. The van der Waals surface area contributed by atoms with Gasteiger partial charge in [-0.2, -0.15) is 5.10 Å². The quantitative estimate of drug-likeness (QED) is 0.568. The standard InChI is InChI=1S/C17H13F2N3O/c18-17(19)12-7-6-11(10-4-2-1-3-5-10)15(20)14(12)16(23)13-8-9-21-22-13/h1-9,17H,20H2,(H,21,22). The average Bonchev–Trinajstić information content (AvgIpc) is 3.09. The molecule has 2 aromatic carbocycles. The molecule has 4 nitrogen and oxygen atoms in total. The highest BCUT2D eigenvalue weighted by molar-refractivity contribution is 6.13. The predicted octanol–water partition coefficient (Wildman–Crippen LogP) is 3.83. The van der Waals surface area contributed by atoms with Crippen molar-refractivity contribution in [1.82, 2.24) is 10.2 Å². The second-order valence-electron chi connectivity index (χ2n) is 4.96. The molecule has 0 aliphatic carbocycles. The molecule has 0 aliphatic rings. The van der Waals surface area contributed by atoms with Crippen LogP contribution in [0.2, 0.25) is 0 Å². The first-order chi connectivity index (χ1) is 11.1. The summed E-state index contributed by atoms with van der Waals surface area (Å²) in [6.45, 7) is 0. The van der Waals surface area contributed by atoms with Gasteiger partial charge in [0.1, 0.15) is 5.69 Å². The minimum Gasteiger partial charge on any atom is -0.398 e. The third kappa shape index (κ3) is 2.70. The fraction of sp³-hybridized carbons (Fsp3) is 0.0588. The number of benzene rings is 2. The topological polar surface area (TPSA) is 71.8 Å². The number of nitrogen functional groups attached to an aromatic ring is 1. The van der Waals surface area contributed by atoms with Crippen LogP contribution < -0.4 is 5.73 Å². The van der Waals surface area contributed by atoms with E-state index in [0.717, 1.165) is 5.56 Å². The Morgan fingerprint density at radius 1 is 1.09 bits per heavy atom. The van der Waals surface area contributed by atoms with Gasteiger partial charge in [-0.05, 0) is 11.6 Å². The number of rotatable bonds is 4. The van der Waals surface area contributed by atoms with E-state index in [-0.39, 0.29) is 22.5 Å². The van der Waals surface area contributed by atoms with Crippen molar-refractivity contribution in [2.24, 2.45) is 0 Å². The van der Waals surface area contributed by atoms with Gasteiger partial charge in [-0.3, -0.25) is 9.89 Å². The fourth-order valence-corrected chi connectivity index (χ4v) is 2.46. The zero-order chi connectivity index (χ0) is 16.4. The van der Waals surface area contributed by atoms with Crippen molar-refractivity contribution in [1.29, 1.82) is 0 Å². The van der Waals surface area contributed by atoms with Gasteiger partial charge in [0.15, 0.2) is 0 Å². The van der Waals surface area contributed by atoms with E-state index in [1.165, 1.54) is 24.4 Å². The van der Waals surface area contributed by atoms with Crippen LogP contribution in [0, 0.1) is 0 Å². The van der Waals surface area contributed by atoms with Gasteiger partial charge < -0.3 is 5.73 Å². The highest BCUT2D eigenvalue weighted by atomic mass is 19.3. The third-order valence-corrected chi connectivity index (χ3v) is 3.57. The molecule has 1 heterocycles. The molecule has 0 unspecified atom stereocenters. The molecule has 6 heteroatoms. The van der Waals surface area contributed by atoms with Gasteiger partial charge in [-0.25, -0.2) is 8.78 Å². The number of hydrogen-bond donors (Lipinski definition) is 2. The lowest BCUT2D eigenvalue weighted by atomic mass is 9.93. The Morgan fingerprint density at radius 3 is 2.43 bits per heavy atom. The molecule has 1 aromatic heterocycles. The summed E-state index contributed by atoms with van der Waals surface area (Å²) in [4.78, 5) is 12.6. The summed E-state index contributed by atoms with van der Waals surface area (Å²) in [7, 11) is 0. The predicted molar refractivity (Wildman–Crippen MR) is 83.3 cm³/mol. The Labute approximate surface area is 131 Å². The van der Waals surface area contributed by atoms with Gasteiger partial charge in [0.05, 0.1) is 11.3 Å². The first kappa shape index (κ1) is 14.9. The summed E-state index contributed by atoms with van der Waals surface area (Å²) in [6, 6.07) is 13.2. The van der Waals surface area contributed by atoms with E-state index in [1.54, 1.807) is 12.1 Å². The van der Waals surface area contributed by atoms with Gasteiger partial charge >= 0.3 is 0 Å². The monoisotopic (exact) mass is 313 g/mol. The van der Waals surface area contributed by atoms with Crippen molar-refractivity contribution in [2.75, 3.05) is 5.73 Å². The number of aromatic nitrogens is 2. The van der Waals surface area contributed by atoms with Crippen LogP contribution in [0.15, 0.2) is 54.7 Å². The highest BCUT2D eigenvalue weighted by Crippen LogP contribution is 2.35. The van der Waals surface area contributed by atoms with E-state index in [9.17, 15) is 13.6 Å². The van der Waals surface area contributed by atoms with E-state index < -0.39 is 12.2 Å². The molecule has 116 valence electrons. The van der Waals surface area contributed by atoms with Gasteiger partial charge in [0.2, 0.25) is 5.78 Å². The lowest BCUT2D eigenvalue weighted by Gasteiger charge is -2.14. The van der Waals surface area contributed by atoms with E-state index in [2.05, 4.69) is 10.2 Å². The van der Waals surface area contributed by atoms with Crippen LogP contribution in [0.5, 0.6) is 0 Å². The maximum absolute atomic E-state index is 13.3. The SMILES string of the molecule is Nc1c(-c2ccccc2)ccc(C(F)F)c1C(=O)c1ccn[nH]1. The highest BCUT2D eigenvalue weighted by Gasteiger charge is 2.25. The molecular weight excluding hydrogens is 300 g/mol. The van der Waals surface area contributed by atoms with Crippen molar-refractivity contribution < 1.29 is 13.6 Å². The van der Waals surface area contributed by atoms with E-state index in [0.29, 0.717) is 5.56 Å². The molecule has 0 spiro atoms. The number of nitrogens with zero attached hydrogens (tertiary/aromatic N) is 1. The van der Waals surface area contributed by atoms with E-state index in [1.807, 2.05) is 18.2 Å². The third-order valence-electron chi connectivity index (χ3n) is 3.57. The summed E-state index contributed by atoms with van der Waals surface area (Å²) < 4.78 is 26.6. The number of nitrogens with two attached hydrogens (primary N) is 1. The molecule has 0 amide bonds. The van der Waals surface area contributed by atoms with Crippen molar-refractivity contribution in [3.8, 4) is 11.1 Å². The molecule has 0 saturated carbocycles. The fourth-order valence-electron chi connectivity index (χ4n) is 2.46. The van der Waals surface area contributed by atoms with Gasteiger partial charge in [-0.1, -0.05) is 42.5 Å². The Hall–Kier alpha value is -3.02. The number of carbonyl (C=O) groups excluding carboxylic acids is 1. The molecule has 3 aromatic rings. The number of H-pyrrole nitrogens is 1. The largest absolute Gasteiger partial charge is 0.398 e. The Bertz CT molecular complexity index is 831. The van der Waals surface area contributed by atoms with Crippen molar-refractivity contribution in [3.05, 3.63) is 71.5 Å². The van der Waals surface area contributed by atoms with Crippen molar-refractivity contribution in [3.63, 3.8) is 0 Å². The van der Waals surface area contributed by atoms with E-state index >= 15 is 0 Å². The van der Waals surface area contributed by atoms with Crippen LogP contribution in [0.3, 0.4) is 0 Å². The molecule has 0 atom stereocenters. The Balaban J connectivity index is 2.21. The Kier molecular flexibility index (Phi) is 3.89. The molecule has 3 rings (SSSR count). The zero-order valence-corrected chi connectivity index (χ0v) is 12.0. The minimum absolute atomic E-state index is 0.0357. The Morgan fingerprint density at radius 2 is 1.83 bits per heavy atom. The summed E-state index contributed by atoms with van der Waals surface area (Å²) in [5, 5.41) is 6.17. The molecule has 23 heavy (non-hydrogen) atoms. The maximum Gasteiger partial charge on any atom is 0.264 e. The summed E-state index contributed by atoms with van der Waals surface area (Å²) in [5.41, 5.74) is 6.94. The number of halogens is 2.